The summed E-state index contributed by atoms with van der Waals surface area (Å²) in [4.78, 5) is 14.2. The van der Waals surface area contributed by atoms with Crippen molar-refractivity contribution in [2.24, 2.45) is 0 Å². The summed E-state index contributed by atoms with van der Waals surface area (Å²) in [5.74, 6) is -0.759. The van der Waals surface area contributed by atoms with Crippen LogP contribution in [-0.4, -0.2) is 53.2 Å². The number of aliphatic carboxylic acids is 1. The van der Waals surface area contributed by atoms with Crippen LogP contribution < -0.4 is 5.01 Å². The molecule has 1 N–H and O–H groups in total. The molecule has 2 aromatic carbocycles. The van der Waals surface area contributed by atoms with E-state index in [9.17, 15) is 9.90 Å². The summed E-state index contributed by atoms with van der Waals surface area (Å²) in [6.07, 6.45) is 0.566. The molecule has 0 saturated carbocycles. The Bertz CT molecular complexity index is 788. The van der Waals surface area contributed by atoms with Gasteiger partial charge in [-0.2, -0.15) is 0 Å². The van der Waals surface area contributed by atoms with Crippen LogP contribution in [0.1, 0.15) is 11.1 Å². The highest BCUT2D eigenvalue weighted by atomic mass is 35.5. The summed E-state index contributed by atoms with van der Waals surface area (Å²) in [6, 6.07) is 15.5. The number of rotatable bonds is 4. The molecule has 0 spiro atoms. The zero-order valence-corrected chi connectivity index (χ0v) is 15.3. The van der Waals surface area contributed by atoms with Gasteiger partial charge in [0.1, 0.15) is 6.04 Å². The van der Waals surface area contributed by atoms with Crippen molar-refractivity contribution in [3.8, 4) is 0 Å². The maximum atomic E-state index is 11.8. The molecule has 0 aromatic heterocycles. The van der Waals surface area contributed by atoms with Crippen molar-refractivity contribution >= 4 is 23.3 Å². The molecule has 2 aromatic rings. The quantitative estimate of drug-likeness (QED) is 0.895. The van der Waals surface area contributed by atoms with Crippen LogP contribution in [-0.2, 0) is 17.8 Å². The summed E-state index contributed by atoms with van der Waals surface area (Å²) < 4.78 is 0. The van der Waals surface area contributed by atoms with Crippen LogP contribution in [0.25, 0.3) is 0 Å². The zero-order valence-electron chi connectivity index (χ0n) is 14.5. The van der Waals surface area contributed by atoms with Crippen molar-refractivity contribution < 1.29 is 9.90 Å². The molecule has 0 unspecified atom stereocenters. The van der Waals surface area contributed by atoms with Crippen LogP contribution in [0.2, 0.25) is 5.02 Å². The van der Waals surface area contributed by atoms with E-state index in [1.165, 1.54) is 5.56 Å². The number of benzene rings is 2. The second kappa shape index (κ2) is 7.27. The molecule has 4 rings (SSSR count). The number of nitrogens with zero attached hydrogens (tertiary/aromatic N) is 3. The van der Waals surface area contributed by atoms with Crippen LogP contribution in [0.3, 0.4) is 0 Å². The number of fused-ring (bicyclic) bond motifs is 1. The lowest BCUT2D eigenvalue weighted by Crippen LogP contribution is -2.57. The highest BCUT2D eigenvalue weighted by molar-refractivity contribution is 6.30. The van der Waals surface area contributed by atoms with Gasteiger partial charge in [-0.15, -0.1) is 0 Å². The molecule has 2 aliphatic rings. The van der Waals surface area contributed by atoms with E-state index in [1.54, 1.807) is 0 Å². The largest absolute Gasteiger partial charge is 0.480 e. The molecule has 0 radical (unpaired) electrons. The third kappa shape index (κ3) is 3.43. The molecule has 26 heavy (non-hydrogen) atoms. The van der Waals surface area contributed by atoms with Gasteiger partial charge in [-0.3, -0.25) is 9.91 Å². The first-order valence-electron chi connectivity index (χ1n) is 8.93. The van der Waals surface area contributed by atoms with Gasteiger partial charge < -0.3 is 5.11 Å². The van der Waals surface area contributed by atoms with Crippen molar-refractivity contribution in [2.45, 2.75) is 19.0 Å². The van der Waals surface area contributed by atoms with Crippen molar-refractivity contribution in [3.63, 3.8) is 0 Å². The number of carboxylic acid groups (broad SMARTS) is 1. The van der Waals surface area contributed by atoms with Crippen LogP contribution in [0.4, 0.5) is 5.69 Å². The summed E-state index contributed by atoms with van der Waals surface area (Å²) in [6.45, 7) is 4.36. The number of para-hydroxylation sites is 1. The summed E-state index contributed by atoms with van der Waals surface area (Å²) in [5.41, 5.74) is 3.40. The standard InChI is InChI=1S/C20H22ClN3O2/c21-17-7-5-15(6-8-17)14-22-9-11-23(12-10-22)24-18-4-2-1-3-16(18)13-19(24)20(25)26/h1-8,19H,9-14H2,(H,25,26)/t19-/m0/s1. The molecule has 0 bridgehead atoms. The van der Waals surface area contributed by atoms with Gasteiger partial charge in [0.05, 0.1) is 5.69 Å². The molecule has 5 nitrogen and oxygen atoms in total. The highest BCUT2D eigenvalue weighted by Crippen LogP contribution is 2.34. The lowest BCUT2D eigenvalue weighted by atomic mass is 10.1. The minimum atomic E-state index is -0.759. The van der Waals surface area contributed by atoms with E-state index in [-0.39, 0.29) is 0 Å². The first kappa shape index (κ1) is 17.3. The molecular formula is C20H22ClN3O2. The van der Waals surface area contributed by atoms with Gasteiger partial charge in [-0.05, 0) is 29.3 Å². The summed E-state index contributed by atoms with van der Waals surface area (Å²) >= 11 is 5.95. The SMILES string of the molecule is O=C(O)[C@@H]1Cc2ccccc2N1N1CCN(Cc2ccc(Cl)cc2)CC1. The van der Waals surface area contributed by atoms with Crippen molar-refractivity contribution in [3.05, 3.63) is 64.7 Å². The fourth-order valence-electron chi connectivity index (χ4n) is 3.87. The average Bonchev–Trinajstić information content (AvgIpc) is 3.04. The average molecular weight is 372 g/mol. The number of piperazine rings is 1. The minimum absolute atomic E-state index is 0.504. The number of halogens is 1. The Morgan fingerprint density at radius 3 is 2.42 bits per heavy atom. The van der Waals surface area contributed by atoms with Crippen molar-refractivity contribution in [2.75, 3.05) is 31.2 Å². The number of hydrogen-bond donors (Lipinski definition) is 1. The Balaban J connectivity index is 1.43. The van der Waals surface area contributed by atoms with E-state index in [1.807, 2.05) is 41.4 Å². The Morgan fingerprint density at radius 1 is 1.04 bits per heavy atom. The lowest BCUT2D eigenvalue weighted by molar-refractivity contribution is -0.139. The minimum Gasteiger partial charge on any atom is -0.480 e. The third-order valence-corrected chi connectivity index (χ3v) is 5.46. The first-order valence-corrected chi connectivity index (χ1v) is 9.31. The summed E-state index contributed by atoms with van der Waals surface area (Å²) in [5, 5.41) is 14.6. The van der Waals surface area contributed by atoms with Gasteiger partial charge in [-0.1, -0.05) is 41.9 Å². The predicted molar refractivity (Wildman–Crippen MR) is 102 cm³/mol. The van der Waals surface area contributed by atoms with Gasteiger partial charge in [0.2, 0.25) is 0 Å². The fourth-order valence-corrected chi connectivity index (χ4v) is 4.00. The Morgan fingerprint density at radius 2 is 1.73 bits per heavy atom. The fraction of sp³-hybridized carbons (Fsp3) is 0.350. The van der Waals surface area contributed by atoms with Gasteiger partial charge in [0, 0.05) is 44.2 Å². The zero-order chi connectivity index (χ0) is 18.1. The third-order valence-electron chi connectivity index (χ3n) is 5.20. The molecule has 6 heteroatoms. The van der Waals surface area contributed by atoms with Crippen LogP contribution in [0.15, 0.2) is 48.5 Å². The molecule has 1 atom stereocenters. The molecule has 1 fully saturated rings. The van der Waals surface area contributed by atoms with Crippen molar-refractivity contribution in [1.29, 1.82) is 0 Å². The van der Waals surface area contributed by atoms with E-state index >= 15 is 0 Å². The van der Waals surface area contributed by atoms with Crippen LogP contribution >= 0.6 is 11.6 Å². The van der Waals surface area contributed by atoms with Gasteiger partial charge in [0.25, 0.3) is 0 Å². The van der Waals surface area contributed by atoms with E-state index in [0.717, 1.165) is 49.0 Å². The number of anilines is 1. The smallest absolute Gasteiger partial charge is 0.328 e. The van der Waals surface area contributed by atoms with Crippen molar-refractivity contribution in [1.82, 2.24) is 9.91 Å². The molecule has 0 amide bonds. The second-order valence-corrected chi connectivity index (χ2v) is 7.32. The summed E-state index contributed by atoms with van der Waals surface area (Å²) in [7, 11) is 0. The number of hydrogen-bond acceptors (Lipinski definition) is 4. The topological polar surface area (TPSA) is 47.0 Å². The Hall–Kier alpha value is -2.08. The van der Waals surface area contributed by atoms with Gasteiger partial charge in [0.15, 0.2) is 0 Å². The molecular weight excluding hydrogens is 350 g/mol. The Labute approximate surface area is 158 Å². The molecule has 1 saturated heterocycles. The lowest BCUT2D eigenvalue weighted by Gasteiger charge is -2.42. The Kier molecular flexibility index (Phi) is 4.85. The number of carbonyl (C=O) groups is 1. The second-order valence-electron chi connectivity index (χ2n) is 6.89. The molecule has 136 valence electrons. The monoisotopic (exact) mass is 371 g/mol. The van der Waals surface area contributed by atoms with E-state index in [2.05, 4.69) is 22.0 Å². The highest BCUT2D eigenvalue weighted by Gasteiger charge is 2.38. The van der Waals surface area contributed by atoms with Gasteiger partial charge >= 0.3 is 5.97 Å². The number of hydrazine groups is 1. The molecule has 2 heterocycles. The van der Waals surface area contributed by atoms with E-state index in [0.29, 0.717) is 6.42 Å². The maximum absolute atomic E-state index is 11.8. The number of carboxylic acids is 1. The first-order chi connectivity index (χ1) is 12.6. The maximum Gasteiger partial charge on any atom is 0.328 e. The molecule has 2 aliphatic heterocycles. The normalized spacial score (nSPS) is 21.0. The van der Waals surface area contributed by atoms with Gasteiger partial charge in [-0.25, -0.2) is 9.80 Å². The molecule has 0 aliphatic carbocycles. The van der Waals surface area contributed by atoms with E-state index < -0.39 is 12.0 Å². The van der Waals surface area contributed by atoms with E-state index in [4.69, 9.17) is 11.6 Å². The van der Waals surface area contributed by atoms with Crippen LogP contribution in [0, 0.1) is 0 Å². The predicted octanol–water partition coefficient (Wildman–Crippen LogP) is 2.89. The van der Waals surface area contributed by atoms with Crippen LogP contribution in [0.5, 0.6) is 0 Å².